The summed E-state index contributed by atoms with van der Waals surface area (Å²) in [6, 6.07) is 8.33. The molecule has 1 aliphatic carbocycles. The number of imidazole rings is 1. The van der Waals surface area contributed by atoms with E-state index in [0.717, 1.165) is 37.6 Å². The number of ether oxygens (including phenoxy) is 1. The summed E-state index contributed by atoms with van der Waals surface area (Å²) < 4.78 is 8.14. The van der Waals surface area contributed by atoms with E-state index in [9.17, 15) is 0 Å². The van der Waals surface area contributed by atoms with E-state index in [1.807, 2.05) is 6.07 Å². The van der Waals surface area contributed by atoms with Crippen molar-refractivity contribution in [3.05, 3.63) is 30.1 Å². The average molecular weight is 287 g/mol. The van der Waals surface area contributed by atoms with Crippen molar-refractivity contribution < 1.29 is 4.74 Å². The van der Waals surface area contributed by atoms with Gasteiger partial charge in [0, 0.05) is 13.1 Å². The maximum Gasteiger partial charge on any atom is 0.123 e. The number of hydrogen-bond donors (Lipinski definition) is 1. The molecule has 0 atom stereocenters. The van der Waals surface area contributed by atoms with Gasteiger partial charge in [-0.25, -0.2) is 4.98 Å². The maximum atomic E-state index is 5.87. The number of fused-ring (bicyclic) bond motifs is 1. The third-order valence-corrected chi connectivity index (χ3v) is 4.27. The molecule has 1 N–H and O–H groups in total. The van der Waals surface area contributed by atoms with Gasteiger partial charge in [0.15, 0.2) is 0 Å². The lowest BCUT2D eigenvalue weighted by molar-refractivity contribution is 0.0602. The highest BCUT2D eigenvalue weighted by Gasteiger charge is 2.14. The lowest BCUT2D eigenvalue weighted by Crippen LogP contribution is -2.23. The molecule has 4 heteroatoms. The van der Waals surface area contributed by atoms with Gasteiger partial charge in [-0.1, -0.05) is 25.0 Å². The molecule has 0 bridgehead atoms. The summed E-state index contributed by atoms with van der Waals surface area (Å²) in [5.41, 5.74) is 2.30. The fourth-order valence-electron chi connectivity index (χ4n) is 3.17. The highest BCUT2D eigenvalue weighted by molar-refractivity contribution is 5.75. The molecule has 0 amide bonds. The molecular formula is C17H25N3O. The molecule has 0 saturated heterocycles. The summed E-state index contributed by atoms with van der Waals surface area (Å²) in [6.07, 6.45) is 5.65. The van der Waals surface area contributed by atoms with Gasteiger partial charge in [-0.05, 0) is 31.9 Å². The predicted molar refractivity (Wildman–Crippen MR) is 85.3 cm³/mol. The molecule has 1 aliphatic rings. The molecule has 0 unspecified atom stereocenters. The zero-order valence-electron chi connectivity index (χ0n) is 12.8. The number of hydrogen-bond acceptors (Lipinski definition) is 3. The van der Waals surface area contributed by atoms with Gasteiger partial charge in [-0.2, -0.15) is 0 Å². The second-order valence-electron chi connectivity index (χ2n) is 5.72. The van der Waals surface area contributed by atoms with Gasteiger partial charge >= 0.3 is 0 Å². The van der Waals surface area contributed by atoms with Gasteiger partial charge in [0.05, 0.1) is 30.3 Å². The zero-order chi connectivity index (χ0) is 14.5. The van der Waals surface area contributed by atoms with Crippen LogP contribution >= 0.6 is 0 Å². The summed E-state index contributed by atoms with van der Waals surface area (Å²) in [7, 11) is 0. The van der Waals surface area contributed by atoms with Crippen molar-refractivity contribution in [1.29, 1.82) is 0 Å². The van der Waals surface area contributed by atoms with E-state index in [0.29, 0.717) is 6.10 Å². The van der Waals surface area contributed by atoms with Gasteiger partial charge < -0.3 is 14.6 Å². The number of para-hydroxylation sites is 2. The fraction of sp³-hybridized carbons (Fsp3) is 0.588. The first kappa shape index (κ1) is 14.5. The predicted octanol–water partition coefficient (Wildman–Crippen LogP) is 3.11. The van der Waals surface area contributed by atoms with E-state index in [1.54, 1.807) is 0 Å². The number of rotatable bonds is 7. The van der Waals surface area contributed by atoms with Crippen LogP contribution in [0.4, 0.5) is 0 Å². The van der Waals surface area contributed by atoms with E-state index in [1.165, 1.54) is 31.2 Å². The quantitative estimate of drug-likeness (QED) is 0.795. The topological polar surface area (TPSA) is 39.1 Å². The molecule has 0 radical (unpaired) electrons. The van der Waals surface area contributed by atoms with Crippen LogP contribution in [0.1, 0.15) is 38.4 Å². The monoisotopic (exact) mass is 287 g/mol. The Bertz CT molecular complexity index is 572. The minimum absolute atomic E-state index is 0.506. The first-order chi connectivity index (χ1) is 10.4. The standard InChI is InChI=1S/C17H25N3O/c1-2-20-16-10-6-5-9-15(16)19-17(20)13-18-11-12-21-14-7-3-4-8-14/h5-6,9-10,14,18H,2-4,7-8,11-13H2,1H3. The molecule has 1 saturated carbocycles. The van der Waals surface area contributed by atoms with Crippen molar-refractivity contribution in [2.75, 3.05) is 13.2 Å². The molecule has 1 aromatic heterocycles. The van der Waals surface area contributed by atoms with Gasteiger partial charge in [0.25, 0.3) is 0 Å². The number of aryl methyl sites for hydroxylation is 1. The zero-order valence-corrected chi connectivity index (χ0v) is 12.8. The Hall–Kier alpha value is -1.39. The molecule has 1 heterocycles. The van der Waals surface area contributed by atoms with Crippen LogP contribution in [-0.2, 0) is 17.8 Å². The van der Waals surface area contributed by atoms with Crippen molar-refractivity contribution in [3.63, 3.8) is 0 Å². The third kappa shape index (κ3) is 3.44. The average Bonchev–Trinajstić information content (AvgIpc) is 3.13. The Morgan fingerprint density at radius 3 is 2.90 bits per heavy atom. The molecule has 1 fully saturated rings. The Morgan fingerprint density at radius 2 is 2.10 bits per heavy atom. The highest BCUT2D eigenvalue weighted by Crippen LogP contribution is 2.20. The van der Waals surface area contributed by atoms with Crippen LogP contribution in [0.25, 0.3) is 11.0 Å². The molecule has 0 spiro atoms. The van der Waals surface area contributed by atoms with Crippen LogP contribution in [0.5, 0.6) is 0 Å². The van der Waals surface area contributed by atoms with E-state index in [4.69, 9.17) is 9.72 Å². The smallest absolute Gasteiger partial charge is 0.123 e. The molecule has 1 aromatic carbocycles. The van der Waals surface area contributed by atoms with Crippen molar-refractivity contribution in [2.45, 2.75) is 51.8 Å². The van der Waals surface area contributed by atoms with Crippen LogP contribution in [0.15, 0.2) is 24.3 Å². The van der Waals surface area contributed by atoms with Gasteiger partial charge in [0.2, 0.25) is 0 Å². The van der Waals surface area contributed by atoms with Crippen LogP contribution in [0, 0.1) is 0 Å². The largest absolute Gasteiger partial charge is 0.377 e. The summed E-state index contributed by atoms with van der Waals surface area (Å²) in [6.45, 7) is 5.62. The molecule has 4 nitrogen and oxygen atoms in total. The molecule has 114 valence electrons. The van der Waals surface area contributed by atoms with Gasteiger partial charge in [-0.3, -0.25) is 0 Å². The van der Waals surface area contributed by atoms with Crippen LogP contribution < -0.4 is 5.32 Å². The Balaban J connectivity index is 1.50. The van der Waals surface area contributed by atoms with Crippen LogP contribution in [0.2, 0.25) is 0 Å². The molecule has 0 aliphatic heterocycles. The maximum absolute atomic E-state index is 5.87. The second-order valence-corrected chi connectivity index (χ2v) is 5.72. The minimum atomic E-state index is 0.506. The summed E-state index contributed by atoms with van der Waals surface area (Å²) in [5.74, 6) is 1.11. The summed E-state index contributed by atoms with van der Waals surface area (Å²) in [4.78, 5) is 4.72. The first-order valence-corrected chi connectivity index (χ1v) is 8.15. The summed E-state index contributed by atoms with van der Waals surface area (Å²) >= 11 is 0. The molecule has 21 heavy (non-hydrogen) atoms. The normalized spacial score (nSPS) is 16.0. The third-order valence-electron chi connectivity index (χ3n) is 4.27. The van der Waals surface area contributed by atoms with Gasteiger partial charge in [-0.15, -0.1) is 0 Å². The van der Waals surface area contributed by atoms with E-state index in [-0.39, 0.29) is 0 Å². The fourth-order valence-corrected chi connectivity index (χ4v) is 3.17. The second kappa shape index (κ2) is 7.05. The lowest BCUT2D eigenvalue weighted by atomic mass is 10.3. The Kier molecular flexibility index (Phi) is 4.88. The van der Waals surface area contributed by atoms with Gasteiger partial charge in [0.1, 0.15) is 5.82 Å². The molecule has 3 rings (SSSR count). The van der Waals surface area contributed by atoms with Crippen molar-refractivity contribution in [1.82, 2.24) is 14.9 Å². The molecular weight excluding hydrogens is 262 g/mol. The van der Waals surface area contributed by atoms with Crippen LogP contribution in [-0.4, -0.2) is 28.8 Å². The number of nitrogens with one attached hydrogen (secondary N) is 1. The lowest BCUT2D eigenvalue weighted by Gasteiger charge is -2.11. The Labute approximate surface area is 126 Å². The minimum Gasteiger partial charge on any atom is -0.377 e. The van der Waals surface area contributed by atoms with E-state index in [2.05, 4.69) is 35.0 Å². The van der Waals surface area contributed by atoms with Crippen molar-refractivity contribution >= 4 is 11.0 Å². The number of benzene rings is 1. The van der Waals surface area contributed by atoms with Crippen molar-refractivity contribution in [2.24, 2.45) is 0 Å². The van der Waals surface area contributed by atoms with E-state index < -0.39 is 0 Å². The number of nitrogens with zero attached hydrogens (tertiary/aromatic N) is 2. The number of aromatic nitrogens is 2. The first-order valence-electron chi connectivity index (χ1n) is 8.15. The molecule has 2 aromatic rings. The SMILES string of the molecule is CCn1c(CNCCOC2CCCC2)nc2ccccc21. The van der Waals surface area contributed by atoms with Crippen LogP contribution in [0.3, 0.4) is 0 Å². The Morgan fingerprint density at radius 1 is 1.29 bits per heavy atom. The van der Waals surface area contributed by atoms with Crippen molar-refractivity contribution in [3.8, 4) is 0 Å². The van der Waals surface area contributed by atoms with E-state index >= 15 is 0 Å². The highest BCUT2D eigenvalue weighted by atomic mass is 16.5. The summed E-state index contributed by atoms with van der Waals surface area (Å²) in [5, 5.41) is 3.45.